The Kier molecular flexibility index (Phi) is 5.70. The third-order valence-corrected chi connectivity index (χ3v) is 5.42. The number of carbonyl (C=O) groups excluding carboxylic acids is 1. The molecule has 0 radical (unpaired) electrons. The van der Waals surface area contributed by atoms with Gasteiger partial charge in [-0.1, -0.05) is 24.3 Å². The van der Waals surface area contributed by atoms with Gasteiger partial charge in [-0.2, -0.15) is 0 Å². The normalized spacial score (nSPS) is 16.1. The van der Waals surface area contributed by atoms with Crippen molar-refractivity contribution in [3.05, 3.63) is 77.6 Å². The van der Waals surface area contributed by atoms with Crippen LogP contribution in [0.5, 0.6) is 0 Å². The first-order valence-electron chi connectivity index (χ1n) is 9.93. The Morgan fingerprint density at radius 3 is 2.43 bits per heavy atom. The van der Waals surface area contributed by atoms with Crippen LogP contribution in [0.1, 0.15) is 36.6 Å². The molecular weight excluding hydrogens is 386 g/mol. The van der Waals surface area contributed by atoms with E-state index in [1.807, 2.05) is 4.90 Å². The van der Waals surface area contributed by atoms with Crippen LogP contribution < -0.4 is 5.73 Å². The van der Waals surface area contributed by atoms with Gasteiger partial charge in [0.2, 0.25) is 11.9 Å². The molecule has 5 nitrogen and oxygen atoms in total. The summed E-state index contributed by atoms with van der Waals surface area (Å²) in [6.07, 6.45) is 4.13. The van der Waals surface area contributed by atoms with Crippen LogP contribution >= 0.6 is 0 Å². The van der Waals surface area contributed by atoms with E-state index >= 15 is 0 Å². The van der Waals surface area contributed by atoms with Crippen LogP contribution in [0.25, 0.3) is 11.1 Å². The van der Waals surface area contributed by atoms with Gasteiger partial charge < -0.3 is 10.6 Å². The van der Waals surface area contributed by atoms with Gasteiger partial charge in [0.25, 0.3) is 0 Å². The Morgan fingerprint density at radius 2 is 1.73 bits per heavy atom. The number of rotatable bonds is 5. The zero-order valence-corrected chi connectivity index (χ0v) is 16.4. The van der Waals surface area contributed by atoms with Gasteiger partial charge in [-0.15, -0.1) is 0 Å². The highest BCUT2D eigenvalue weighted by atomic mass is 19.1. The minimum atomic E-state index is -0.324. The summed E-state index contributed by atoms with van der Waals surface area (Å²) in [7, 11) is 0. The summed E-state index contributed by atoms with van der Waals surface area (Å²) in [6.45, 7) is 0.639. The molecule has 30 heavy (non-hydrogen) atoms. The van der Waals surface area contributed by atoms with Crippen molar-refractivity contribution in [3.8, 4) is 11.1 Å². The number of aryl methyl sites for hydroxylation is 1. The summed E-state index contributed by atoms with van der Waals surface area (Å²) < 4.78 is 26.4. The Hall–Kier alpha value is -3.35. The number of halogens is 2. The second-order valence-corrected chi connectivity index (χ2v) is 7.41. The fourth-order valence-electron chi connectivity index (χ4n) is 3.91. The molecule has 1 aliphatic rings. The lowest BCUT2D eigenvalue weighted by molar-refractivity contribution is -0.132. The van der Waals surface area contributed by atoms with E-state index in [-0.39, 0.29) is 29.5 Å². The van der Waals surface area contributed by atoms with Crippen LogP contribution in [0.2, 0.25) is 0 Å². The highest BCUT2D eigenvalue weighted by Gasteiger charge is 2.32. The standard InChI is InChI=1S/C23H22F2N4O/c24-17-8-3-15(4-9-17)5-12-21(30)29-13-1-2-20(29)22-19(14-27-23(26)28-22)16-6-10-18(25)11-7-16/h3-4,6-11,14,20H,1-2,5,12-13H2,(H2,26,27,28). The van der Waals surface area contributed by atoms with E-state index in [2.05, 4.69) is 9.97 Å². The molecule has 1 aliphatic heterocycles. The molecule has 1 amide bonds. The average Bonchev–Trinajstić information content (AvgIpc) is 3.24. The van der Waals surface area contributed by atoms with Crippen molar-refractivity contribution < 1.29 is 13.6 Å². The summed E-state index contributed by atoms with van der Waals surface area (Å²) in [5, 5.41) is 0. The molecule has 0 bridgehead atoms. The van der Waals surface area contributed by atoms with Crippen LogP contribution in [0, 0.1) is 11.6 Å². The van der Waals surface area contributed by atoms with Gasteiger partial charge in [-0.25, -0.2) is 18.7 Å². The zero-order chi connectivity index (χ0) is 21.1. The molecule has 1 fully saturated rings. The maximum atomic E-state index is 13.4. The minimum absolute atomic E-state index is 0.0177. The van der Waals surface area contributed by atoms with Crippen molar-refractivity contribution in [2.75, 3.05) is 12.3 Å². The van der Waals surface area contributed by atoms with E-state index < -0.39 is 0 Å². The SMILES string of the molecule is Nc1ncc(-c2ccc(F)cc2)c(C2CCCN2C(=O)CCc2ccc(F)cc2)n1. The average molecular weight is 408 g/mol. The second-order valence-electron chi connectivity index (χ2n) is 7.41. The number of aromatic nitrogens is 2. The molecule has 7 heteroatoms. The van der Waals surface area contributed by atoms with Gasteiger partial charge >= 0.3 is 0 Å². The van der Waals surface area contributed by atoms with Crippen LogP contribution in [-0.2, 0) is 11.2 Å². The molecular formula is C23H22F2N4O. The molecule has 1 saturated heterocycles. The monoisotopic (exact) mass is 408 g/mol. The molecule has 2 N–H and O–H groups in total. The van der Waals surface area contributed by atoms with Gasteiger partial charge in [-0.3, -0.25) is 4.79 Å². The first-order valence-corrected chi connectivity index (χ1v) is 9.93. The van der Waals surface area contributed by atoms with Crippen molar-refractivity contribution in [2.24, 2.45) is 0 Å². The number of nitrogens with two attached hydrogens (primary N) is 1. The van der Waals surface area contributed by atoms with Crippen molar-refractivity contribution in [3.63, 3.8) is 0 Å². The van der Waals surface area contributed by atoms with Crippen LogP contribution in [0.15, 0.2) is 54.7 Å². The molecule has 1 aromatic heterocycles. The Labute approximate surface area is 173 Å². The third kappa shape index (κ3) is 4.30. The van der Waals surface area contributed by atoms with Gasteiger partial charge in [0.15, 0.2) is 0 Å². The number of amides is 1. The highest BCUT2D eigenvalue weighted by molar-refractivity contribution is 5.78. The van der Waals surface area contributed by atoms with Crippen LogP contribution in [0.3, 0.4) is 0 Å². The number of benzene rings is 2. The molecule has 0 aliphatic carbocycles. The molecule has 1 atom stereocenters. The number of nitrogens with zero attached hydrogens (tertiary/aromatic N) is 3. The van der Waals surface area contributed by atoms with Gasteiger partial charge in [-0.05, 0) is 54.7 Å². The fourth-order valence-corrected chi connectivity index (χ4v) is 3.91. The number of hydrogen-bond donors (Lipinski definition) is 1. The lowest BCUT2D eigenvalue weighted by Gasteiger charge is -2.26. The van der Waals surface area contributed by atoms with Crippen molar-refractivity contribution in [2.45, 2.75) is 31.7 Å². The van der Waals surface area contributed by atoms with E-state index in [4.69, 9.17) is 5.73 Å². The summed E-state index contributed by atoms with van der Waals surface area (Å²) in [5.74, 6) is -0.458. The van der Waals surface area contributed by atoms with Crippen molar-refractivity contribution in [1.82, 2.24) is 14.9 Å². The van der Waals surface area contributed by atoms with E-state index in [1.54, 1.807) is 30.5 Å². The van der Waals surface area contributed by atoms with Gasteiger partial charge in [0.05, 0.1) is 11.7 Å². The Morgan fingerprint density at radius 1 is 1.07 bits per heavy atom. The van der Waals surface area contributed by atoms with E-state index in [9.17, 15) is 13.6 Å². The first kappa shape index (κ1) is 19.9. The third-order valence-electron chi connectivity index (χ3n) is 5.42. The fraction of sp³-hybridized carbons (Fsp3) is 0.261. The number of likely N-dealkylation sites (tertiary alicyclic amines) is 1. The first-order chi connectivity index (χ1) is 14.5. The second kappa shape index (κ2) is 8.57. The summed E-state index contributed by atoms with van der Waals surface area (Å²) in [4.78, 5) is 23.4. The number of nitrogen functional groups attached to an aromatic ring is 1. The smallest absolute Gasteiger partial charge is 0.223 e. The lowest BCUT2D eigenvalue weighted by Crippen LogP contribution is -2.31. The molecule has 2 heterocycles. The van der Waals surface area contributed by atoms with Crippen LogP contribution in [0.4, 0.5) is 14.7 Å². The summed E-state index contributed by atoms with van der Waals surface area (Å²) >= 11 is 0. The number of carbonyl (C=O) groups is 1. The molecule has 3 aromatic rings. The van der Waals surface area contributed by atoms with Crippen LogP contribution in [-0.4, -0.2) is 27.3 Å². The van der Waals surface area contributed by atoms with E-state index in [0.717, 1.165) is 29.5 Å². The topological polar surface area (TPSA) is 72.1 Å². The molecule has 4 rings (SSSR count). The lowest BCUT2D eigenvalue weighted by atomic mass is 9.99. The van der Waals surface area contributed by atoms with Gasteiger partial charge in [0, 0.05) is 24.7 Å². The molecule has 0 saturated carbocycles. The maximum Gasteiger partial charge on any atom is 0.223 e. The summed E-state index contributed by atoms with van der Waals surface area (Å²) in [6, 6.07) is 12.1. The molecule has 2 aromatic carbocycles. The number of anilines is 1. The molecule has 0 spiro atoms. The summed E-state index contributed by atoms with van der Waals surface area (Å²) in [5.41, 5.74) is 8.97. The largest absolute Gasteiger partial charge is 0.368 e. The molecule has 154 valence electrons. The zero-order valence-electron chi connectivity index (χ0n) is 16.4. The van der Waals surface area contributed by atoms with Crippen molar-refractivity contribution >= 4 is 11.9 Å². The quantitative estimate of drug-likeness (QED) is 0.683. The van der Waals surface area contributed by atoms with Crippen molar-refractivity contribution in [1.29, 1.82) is 0 Å². The minimum Gasteiger partial charge on any atom is -0.368 e. The Bertz CT molecular complexity index is 1040. The molecule has 1 unspecified atom stereocenters. The maximum absolute atomic E-state index is 13.4. The Balaban J connectivity index is 1.57. The van der Waals surface area contributed by atoms with E-state index in [1.165, 1.54) is 24.3 Å². The predicted octanol–water partition coefficient (Wildman–Crippen LogP) is 4.30. The highest BCUT2D eigenvalue weighted by Crippen LogP contribution is 2.37. The predicted molar refractivity (Wildman–Crippen MR) is 110 cm³/mol. The number of hydrogen-bond acceptors (Lipinski definition) is 4. The van der Waals surface area contributed by atoms with Gasteiger partial charge in [0.1, 0.15) is 11.6 Å². The van der Waals surface area contributed by atoms with E-state index in [0.29, 0.717) is 25.1 Å².